The maximum atomic E-state index is 11.4. The van der Waals surface area contributed by atoms with Crippen LogP contribution in [0.15, 0.2) is 35.1 Å². The minimum absolute atomic E-state index is 0.0589. The van der Waals surface area contributed by atoms with Gasteiger partial charge in [0.15, 0.2) is 11.5 Å². The number of nitrogens with one attached hydrogen (secondary N) is 1. The Morgan fingerprint density at radius 1 is 1.16 bits per heavy atom. The summed E-state index contributed by atoms with van der Waals surface area (Å²) in [6.45, 7) is 0.157. The van der Waals surface area contributed by atoms with Crippen LogP contribution in [-0.2, 0) is 0 Å². The van der Waals surface area contributed by atoms with Crippen LogP contribution in [0.2, 0.25) is 0 Å². The summed E-state index contributed by atoms with van der Waals surface area (Å²) in [5.41, 5.74) is 0.552. The number of aromatic nitrogens is 1. The highest BCUT2D eigenvalue weighted by Crippen LogP contribution is 2.35. The van der Waals surface area contributed by atoms with E-state index in [0.29, 0.717) is 22.8 Å². The van der Waals surface area contributed by atoms with E-state index in [2.05, 4.69) is 4.98 Å². The monoisotopic (exact) mass is 259 g/mol. The molecule has 1 aromatic heterocycles. The Bertz CT molecular complexity index is 719. The number of pyridine rings is 1. The fourth-order valence-electron chi connectivity index (χ4n) is 1.89. The molecule has 1 aromatic carbocycles. The Morgan fingerprint density at radius 2 is 1.95 bits per heavy atom. The fraction of sp³-hybridized carbons (Fsp3) is 0.0769. The maximum Gasteiger partial charge on any atom is 0.335 e. The van der Waals surface area contributed by atoms with E-state index in [4.69, 9.17) is 14.6 Å². The predicted molar refractivity (Wildman–Crippen MR) is 65.6 cm³/mol. The number of fused-ring (bicyclic) bond motifs is 1. The highest BCUT2D eigenvalue weighted by Gasteiger charge is 2.15. The second kappa shape index (κ2) is 4.16. The van der Waals surface area contributed by atoms with Gasteiger partial charge in [-0.1, -0.05) is 0 Å². The molecule has 2 heterocycles. The lowest BCUT2D eigenvalue weighted by Gasteiger charge is -2.04. The standard InChI is InChI=1S/C13H9NO5/c15-12-5-8(13(16)17)3-9(14-12)7-1-2-10-11(4-7)19-6-18-10/h1-5H,6H2,(H,14,15)(H,16,17). The molecule has 19 heavy (non-hydrogen) atoms. The number of hydrogen-bond donors (Lipinski definition) is 2. The summed E-state index contributed by atoms with van der Waals surface area (Å²) in [7, 11) is 0. The van der Waals surface area contributed by atoms with Crippen LogP contribution in [-0.4, -0.2) is 22.9 Å². The van der Waals surface area contributed by atoms with Gasteiger partial charge in [-0.15, -0.1) is 0 Å². The van der Waals surface area contributed by atoms with Crippen LogP contribution in [0.1, 0.15) is 10.4 Å². The van der Waals surface area contributed by atoms with Crippen LogP contribution in [0.4, 0.5) is 0 Å². The molecule has 0 saturated carbocycles. The van der Waals surface area contributed by atoms with E-state index in [-0.39, 0.29) is 12.4 Å². The molecule has 0 atom stereocenters. The molecule has 0 saturated heterocycles. The largest absolute Gasteiger partial charge is 0.478 e. The predicted octanol–water partition coefficient (Wildman–Crippen LogP) is 1.47. The molecular formula is C13H9NO5. The SMILES string of the molecule is O=C(O)c1cc(-c2ccc3c(c2)OCO3)[nH]c(=O)c1. The Kier molecular flexibility index (Phi) is 2.49. The van der Waals surface area contributed by atoms with Crippen LogP contribution >= 0.6 is 0 Å². The lowest BCUT2D eigenvalue weighted by atomic mass is 10.1. The Hall–Kier alpha value is -2.76. The first kappa shape index (κ1) is 11.3. The Balaban J connectivity index is 2.11. The number of carboxylic acid groups (broad SMARTS) is 1. The summed E-state index contributed by atoms with van der Waals surface area (Å²) in [6, 6.07) is 7.58. The van der Waals surface area contributed by atoms with Gasteiger partial charge in [-0.25, -0.2) is 4.79 Å². The van der Waals surface area contributed by atoms with Gasteiger partial charge >= 0.3 is 5.97 Å². The van der Waals surface area contributed by atoms with Gasteiger partial charge in [0.25, 0.3) is 0 Å². The van der Waals surface area contributed by atoms with Crippen molar-refractivity contribution in [3.8, 4) is 22.8 Å². The maximum absolute atomic E-state index is 11.4. The van der Waals surface area contributed by atoms with E-state index < -0.39 is 11.5 Å². The van der Waals surface area contributed by atoms with E-state index in [1.165, 1.54) is 6.07 Å². The molecule has 3 rings (SSSR count). The van der Waals surface area contributed by atoms with Crippen molar-refractivity contribution in [2.24, 2.45) is 0 Å². The third kappa shape index (κ3) is 2.03. The Labute approximate surface area is 107 Å². The third-order valence-electron chi connectivity index (χ3n) is 2.77. The molecule has 1 aliphatic rings. The van der Waals surface area contributed by atoms with Gasteiger partial charge in [0.05, 0.1) is 5.56 Å². The van der Waals surface area contributed by atoms with Crippen LogP contribution in [0.5, 0.6) is 11.5 Å². The van der Waals surface area contributed by atoms with Crippen molar-refractivity contribution in [2.45, 2.75) is 0 Å². The number of aromatic amines is 1. The van der Waals surface area contributed by atoms with E-state index in [1.54, 1.807) is 18.2 Å². The second-order valence-corrected chi connectivity index (χ2v) is 4.02. The van der Waals surface area contributed by atoms with Gasteiger partial charge in [-0.2, -0.15) is 0 Å². The lowest BCUT2D eigenvalue weighted by molar-refractivity contribution is 0.0696. The number of rotatable bonds is 2. The number of benzene rings is 1. The summed E-state index contributed by atoms with van der Waals surface area (Å²) in [5, 5.41) is 8.94. The minimum Gasteiger partial charge on any atom is -0.478 e. The lowest BCUT2D eigenvalue weighted by Crippen LogP contribution is -2.10. The van der Waals surface area contributed by atoms with Crippen molar-refractivity contribution in [3.63, 3.8) is 0 Å². The molecule has 96 valence electrons. The van der Waals surface area contributed by atoms with Crippen molar-refractivity contribution in [1.29, 1.82) is 0 Å². The van der Waals surface area contributed by atoms with Gasteiger partial charge in [-0.05, 0) is 24.3 Å². The van der Waals surface area contributed by atoms with Crippen LogP contribution < -0.4 is 15.0 Å². The minimum atomic E-state index is -1.15. The number of carbonyl (C=O) groups is 1. The molecule has 0 spiro atoms. The molecule has 2 N–H and O–H groups in total. The van der Waals surface area contributed by atoms with Gasteiger partial charge in [0.2, 0.25) is 12.4 Å². The van der Waals surface area contributed by atoms with Crippen molar-refractivity contribution >= 4 is 5.97 Å². The van der Waals surface area contributed by atoms with Gasteiger partial charge in [0, 0.05) is 17.3 Å². The first-order valence-corrected chi connectivity index (χ1v) is 5.51. The zero-order valence-corrected chi connectivity index (χ0v) is 9.67. The number of hydrogen-bond acceptors (Lipinski definition) is 4. The highest BCUT2D eigenvalue weighted by molar-refractivity contribution is 5.88. The molecule has 0 amide bonds. The number of H-pyrrole nitrogens is 1. The first-order valence-electron chi connectivity index (χ1n) is 5.51. The van der Waals surface area contributed by atoms with Crippen molar-refractivity contribution < 1.29 is 19.4 Å². The molecular weight excluding hydrogens is 250 g/mol. The number of ether oxygens (including phenoxy) is 2. The van der Waals surface area contributed by atoms with Crippen LogP contribution in [0, 0.1) is 0 Å². The average Bonchev–Trinajstić information content (AvgIpc) is 2.85. The third-order valence-corrected chi connectivity index (χ3v) is 2.77. The average molecular weight is 259 g/mol. The normalized spacial score (nSPS) is 12.4. The summed E-state index contributed by atoms with van der Waals surface area (Å²) < 4.78 is 10.4. The van der Waals surface area contributed by atoms with Gasteiger partial charge in [0.1, 0.15) is 0 Å². The molecule has 0 bridgehead atoms. The van der Waals surface area contributed by atoms with Crippen LogP contribution in [0.25, 0.3) is 11.3 Å². The van der Waals surface area contributed by atoms with Crippen molar-refractivity contribution in [3.05, 3.63) is 46.2 Å². The van der Waals surface area contributed by atoms with E-state index in [0.717, 1.165) is 6.07 Å². The van der Waals surface area contributed by atoms with E-state index in [9.17, 15) is 9.59 Å². The molecule has 0 unspecified atom stereocenters. The molecule has 6 nitrogen and oxygen atoms in total. The van der Waals surface area contributed by atoms with Crippen LogP contribution in [0.3, 0.4) is 0 Å². The summed E-state index contributed by atoms with van der Waals surface area (Å²) in [6.07, 6.45) is 0. The molecule has 1 aliphatic heterocycles. The molecule has 0 fully saturated rings. The summed E-state index contributed by atoms with van der Waals surface area (Å²) in [5.74, 6) is 0.0488. The van der Waals surface area contributed by atoms with E-state index in [1.807, 2.05) is 0 Å². The first-order chi connectivity index (χ1) is 9.13. The van der Waals surface area contributed by atoms with Crippen molar-refractivity contribution in [2.75, 3.05) is 6.79 Å². The molecule has 6 heteroatoms. The van der Waals surface area contributed by atoms with E-state index >= 15 is 0 Å². The zero-order valence-electron chi connectivity index (χ0n) is 9.67. The quantitative estimate of drug-likeness (QED) is 0.852. The Morgan fingerprint density at radius 3 is 2.74 bits per heavy atom. The smallest absolute Gasteiger partial charge is 0.335 e. The molecule has 0 radical (unpaired) electrons. The van der Waals surface area contributed by atoms with Gasteiger partial charge < -0.3 is 19.6 Å². The zero-order chi connectivity index (χ0) is 13.4. The second-order valence-electron chi connectivity index (χ2n) is 4.02. The highest BCUT2D eigenvalue weighted by atomic mass is 16.7. The number of aromatic carboxylic acids is 1. The topological polar surface area (TPSA) is 88.6 Å². The van der Waals surface area contributed by atoms with Gasteiger partial charge in [-0.3, -0.25) is 4.79 Å². The van der Waals surface area contributed by atoms with Crippen molar-refractivity contribution in [1.82, 2.24) is 4.98 Å². The molecule has 0 aliphatic carbocycles. The fourth-order valence-corrected chi connectivity index (χ4v) is 1.89. The summed E-state index contributed by atoms with van der Waals surface area (Å²) >= 11 is 0. The summed E-state index contributed by atoms with van der Waals surface area (Å²) in [4.78, 5) is 25.0. The number of carboxylic acids is 1. The molecule has 2 aromatic rings.